The Morgan fingerprint density at radius 1 is 0.608 bits per heavy atom. The minimum absolute atomic E-state index is 0.0367. The molecule has 4 aromatic rings. The average molecular weight is 1440 g/mol. The topological polar surface area (TPSA) is 579 Å². The Labute approximate surface area is 583 Å². The van der Waals surface area contributed by atoms with Crippen molar-refractivity contribution in [3.8, 4) is 11.5 Å². The Hall–Kier alpha value is -8.19. The Morgan fingerprint density at radius 2 is 1.18 bits per heavy atom. The van der Waals surface area contributed by atoms with Gasteiger partial charge < -0.3 is 153 Å². The molecule has 3 fully saturated rings. The van der Waals surface area contributed by atoms with Crippen molar-refractivity contribution < 1.29 is 124 Å². The zero-order valence-corrected chi connectivity index (χ0v) is 55.1. The lowest BCUT2D eigenvalue weighted by atomic mass is 9.93. The molecule has 558 valence electrons. The van der Waals surface area contributed by atoms with Gasteiger partial charge in [0.15, 0.2) is 24.4 Å². The molecule has 0 saturated carbocycles. The molecule has 102 heavy (non-hydrogen) atoms. The van der Waals surface area contributed by atoms with Crippen molar-refractivity contribution >= 4 is 41.8 Å². The van der Waals surface area contributed by atoms with Crippen LogP contribution in [0.1, 0.15) is 35.1 Å². The molecule has 5 aliphatic heterocycles. The van der Waals surface area contributed by atoms with Gasteiger partial charge in [0.05, 0.1) is 64.2 Å². The maximum Gasteiger partial charge on any atom is 0.246 e. The zero-order chi connectivity index (χ0) is 73.6. The standard InChI is InChI=1S/C66H89N11O25/c1-30(34-10-6-3-7-11-34)44(67)59(93)73-38(58(92)75-45(47(83)39-21-70-65(68)74-39)61(95)76-46(60(94)72-35(23-78)24-79)48(84)40-22-71-66(69)77(40)62-54(90)51(87)49(85)41(25-80)99-62)20-31-12-18-37(19-13-31)98-63-55(91)53(89)56(43(27-82)101-63)102-64-57(52(88)50(86)42(26-81)100-64)97-29-33-14-16-36(17-15-33)96-28-32-8-4-2-5-9-32/h2-19,23,30,35,38-57,62-64,79-91H,20-22,24-29,67H2,1H3,(H2,69,71)(H,72,94)(H,73,93)(H,75,92)(H,76,95)(H3,68,70,74). The second kappa shape index (κ2) is 35.8. The molecule has 25 unspecified atom stereocenters. The number of nitrogens with one attached hydrogen (secondary N) is 5. The second-order valence-electron chi connectivity index (χ2n) is 25.2. The first kappa shape index (κ1) is 78.0. The molecule has 3 saturated heterocycles. The molecule has 36 heteroatoms. The van der Waals surface area contributed by atoms with Crippen molar-refractivity contribution in [3.05, 3.63) is 131 Å². The number of carbonyl (C=O) groups excluding carboxylic acids is 5. The van der Waals surface area contributed by atoms with E-state index >= 15 is 4.79 Å². The molecule has 0 spiro atoms. The summed E-state index contributed by atoms with van der Waals surface area (Å²) in [7, 11) is 0. The van der Waals surface area contributed by atoms with E-state index in [0.717, 1.165) is 10.5 Å². The molecule has 9 rings (SSSR count). The summed E-state index contributed by atoms with van der Waals surface area (Å²) in [6.45, 7) is -2.51. The highest BCUT2D eigenvalue weighted by Crippen LogP contribution is 2.34. The first-order valence-electron chi connectivity index (χ1n) is 32.8. The molecule has 36 nitrogen and oxygen atoms in total. The molecular formula is C66H89N11O25. The van der Waals surface area contributed by atoms with Gasteiger partial charge in [-0.15, -0.1) is 0 Å². The van der Waals surface area contributed by atoms with Crippen LogP contribution in [-0.2, 0) is 67.3 Å². The summed E-state index contributed by atoms with van der Waals surface area (Å²) in [4.78, 5) is 79.5. The minimum Gasteiger partial charge on any atom is -0.489 e. The van der Waals surface area contributed by atoms with Crippen LogP contribution in [-0.4, -0.2) is 299 Å². The van der Waals surface area contributed by atoms with Crippen LogP contribution in [0.25, 0.3) is 0 Å². The number of aldehydes is 1. The highest BCUT2D eigenvalue weighted by molar-refractivity contribution is 5.96. The number of nitrogens with two attached hydrogens (primary N) is 3. The number of nitrogens with zero attached hydrogens (tertiary/aromatic N) is 3. The third-order valence-electron chi connectivity index (χ3n) is 18.3. The molecule has 4 amide bonds. The van der Waals surface area contributed by atoms with Crippen molar-refractivity contribution in [2.45, 2.75) is 179 Å². The van der Waals surface area contributed by atoms with Crippen LogP contribution in [0.15, 0.2) is 119 Å². The number of benzene rings is 4. The van der Waals surface area contributed by atoms with E-state index < -0.39 is 221 Å². The van der Waals surface area contributed by atoms with E-state index in [4.69, 9.17) is 50.4 Å². The molecule has 4 aromatic carbocycles. The smallest absolute Gasteiger partial charge is 0.246 e. The lowest BCUT2D eigenvalue weighted by molar-refractivity contribution is -0.357. The maximum atomic E-state index is 15.0. The van der Waals surface area contributed by atoms with E-state index in [-0.39, 0.29) is 36.7 Å². The molecule has 0 bridgehead atoms. The van der Waals surface area contributed by atoms with Gasteiger partial charge in [-0.25, -0.2) is 0 Å². The van der Waals surface area contributed by atoms with Crippen molar-refractivity contribution in [2.24, 2.45) is 27.2 Å². The van der Waals surface area contributed by atoms with Gasteiger partial charge in [-0.2, -0.15) is 0 Å². The van der Waals surface area contributed by atoms with Crippen LogP contribution in [0.5, 0.6) is 11.5 Å². The molecule has 5 aliphatic rings. The summed E-state index contributed by atoms with van der Waals surface area (Å²) in [5, 5.41) is 155. The predicted octanol–water partition coefficient (Wildman–Crippen LogP) is -8.90. The molecule has 25 atom stereocenters. The third kappa shape index (κ3) is 18.6. The lowest BCUT2D eigenvalue weighted by Crippen LogP contribution is -2.70. The number of carbonyl (C=O) groups is 5. The van der Waals surface area contributed by atoms with Gasteiger partial charge in [0.2, 0.25) is 29.9 Å². The van der Waals surface area contributed by atoms with Crippen LogP contribution >= 0.6 is 0 Å². The number of guanidine groups is 2. The van der Waals surface area contributed by atoms with E-state index in [1.165, 1.54) is 24.3 Å². The number of hydrogen-bond donors (Lipinski definition) is 21. The fourth-order valence-electron chi connectivity index (χ4n) is 12.2. The molecule has 0 aromatic heterocycles. The highest BCUT2D eigenvalue weighted by Gasteiger charge is 2.54. The number of rotatable bonds is 32. The highest BCUT2D eigenvalue weighted by atomic mass is 16.7. The SMILES string of the molecule is CC(c1ccccc1)C(N)C(=O)NC(Cc1ccc(OC2OC(CO)C(OC3OC(CO)C(O)C(O)C3OCc3ccc(OCc4ccccc4)cc3)C(O)C2O)cc1)C(=O)NC(C(=O)NC(C(=O)NC(C=O)CO)C(O)C1CN=C(N)N1C1OC(CO)C(O)C(O)C1O)C(O)C1CN=C(N)N1. The zero-order valence-electron chi connectivity index (χ0n) is 55.1. The Balaban J connectivity index is 0.924. The van der Waals surface area contributed by atoms with E-state index in [9.17, 15) is 85.6 Å². The Kier molecular flexibility index (Phi) is 27.4. The van der Waals surface area contributed by atoms with E-state index in [0.29, 0.717) is 23.5 Å². The second-order valence-corrected chi connectivity index (χ2v) is 25.2. The van der Waals surface area contributed by atoms with Gasteiger partial charge >= 0.3 is 0 Å². The minimum atomic E-state index is -2.26. The van der Waals surface area contributed by atoms with Gasteiger partial charge in [0.1, 0.15) is 134 Å². The third-order valence-corrected chi connectivity index (χ3v) is 18.3. The Morgan fingerprint density at radius 3 is 1.80 bits per heavy atom. The number of aliphatic hydroxyl groups excluding tert-OH is 13. The number of ether oxygens (including phenoxy) is 7. The number of amides is 4. The molecular weight excluding hydrogens is 1350 g/mol. The van der Waals surface area contributed by atoms with Crippen LogP contribution in [0.2, 0.25) is 0 Å². The van der Waals surface area contributed by atoms with Crippen molar-refractivity contribution in [3.63, 3.8) is 0 Å². The normalized spacial score (nSPS) is 30.3. The predicted molar refractivity (Wildman–Crippen MR) is 352 cm³/mol. The Bertz CT molecular complexity index is 3450. The summed E-state index contributed by atoms with van der Waals surface area (Å²) in [5.74, 6) is -5.62. The van der Waals surface area contributed by atoms with Gasteiger partial charge in [0.25, 0.3) is 0 Å². The first-order valence-corrected chi connectivity index (χ1v) is 32.8. The summed E-state index contributed by atoms with van der Waals surface area (Å²) < 4.78 is 41.5. The molecule has 0 radical (unpaired) electrons. The largest absolute Gasteiger partial charge is 0.489 e. The van der Waals surface area contributed by atoms with Gasteiger partial charge in [-0.1, -0.05) is 91.9 Å². The van der Waals surface area contributed by atoms with Crippen molar-refractivity contribution in [1.29, 1.82) is 0 Å². The van der Waals surface area contributed by atoms with E-state index in [2.05, 4.69) is 36.6 Å². The molecule has 0 aliphatic carbocycles. The van der Waals surface area contributed by atoms with Crippen molar-refractivity contribution in [1.82, 2.24) is 31.5 Å². The van der Waals surface area contributed by atoms with Crippen molar-refractivity contribution in [2.75, 3.05) is 39.5 Å². The molecule has 24 N–H and O–H groups in total. The fourth-order valence-corrected chi connectivity index (χ4v) is 12.2. The van der Waals surface area contributed by atoms with Crippen LogP contribution < -0.4 is 53.3 Å². The average Bonchev–Trinajstić information content (AvgIpc) is 1.43. The maximum absolute atomic E-state index is 15.0. The summed E-state index contributed by atoms with van der Waals surface area (Å²) in [5.41, 5.74) is 21.1. The number of hydrogen-bond acceptors (Lipinski definition) is 32. The first-order chi connectivity index (χ1) is 48.9. The van der Waals surface area contributed by atoms with Gasteiger partial charge in [-0.3, -0.25) is 29.2 Å². The fraction of sp³-hybridized carbons (Fsp3) is 0.530. The summed E-state index contributed by atoms with van der Waals surface area (Å²) in [6.07, 6.45) is -30.3. The van der Waals surface area contributed by atoms with E-state index in [1.807, 2.05) is 30.3 Å². The monoisotopic (exact) mass is 1440 g/mol. The van der Waals surface area contributed by atoms with E-state index in [1.54, 1.807) is 61.5 Å². The van der Waals surface area contributed by atoms with Gasteiger partial charge in [-0.05, 0) is 46.5 Å². The van der Waals surface area contributed by atoms with Crippen LogP contribution in [0.4, 0.5) is 0 Å². The lowest BCUT2D eigenvalue weighted by Gasteiger charge is -2.46. The van der Waals surface area contributed by atoms with Crippen LogP contribution in [0.3, 0.4) is 0 Å². The number of aliphatic imine (C=N–C) groups is 2. The van der Waals surface area contributed by atoms with Gasteiger partial charge in [0, 0.05) is 12.3 Å². The van der Waals surface area contributed by atoms with Crippen LogP contribution in [0, 0.1) is 0 Å². The summed E-state index contributed by atoms with van der Waals surface area (Å²) >= 11 is 0. The quantitative estimate of drug-likeness (QED) is 0.0202. The summed E-state index contributed by atoms with van der Waals surface area (Å²) in [6, 6.07) is 18.5. The molecule has 5 heterocycles. The number of aliphatic hydroxyl groups is 13.